The van der Waals surface area contributed by atoms with Gasteiger partial charge in [0.15, 0.2) is 5.78 Å². The van der Waals surface area contributed by atoms with Crippen molar-refractivity contribution in [2.45, 2.75) is 175 Å². The first-order chi connectivity index (χ1) is 47.8. The molecule has 2 unspecified atom stereocenters. The number of urea groups is 1. The number of likely N-dealkylation sites (N-methyl/N-ethyl adjacent to an activating group) is 2. The third kappa shape index (κ3) is 20.7. The SMILES string of the molecule is CCC(C)[C@@H]([C@@H](CC(=O)N1CCCC1[C@H](OC)[C@@H](C)C(=O)N[C@@H](Cc1ccccc1)c1nccs1)OC)N(C)C(=O)[C@@H](NC(=O)[C@H](C(C)C)N(C)C(=O)OCc1ccc(NC(=O)[C@H](CCCNC(N)=O)CC(=O)[C@@H](NC(=O)OCC2c3ccccc3-c3ccccc32)C(C)C)cc1)C(C)C. The predicted molar refractivity (Wildman–Crippen MR) is 384 cm³/mol. The number of Topliss-reactive ketones (excluding diaryl/α,β-unsaturated/α-hetero) is 1. The Kier molecular flexibility index (Phi) is 29.6. The Labute approximate surface area is 593 Å². The lowest BCUT2D eigenvalue weighted by Gasteiger charge is -2.41. The number of hydrogen-bond acceptors (Lipinski definition) is 15. The molecule has 1 aromatic heterocycles. The van der Waals surface area contributed by atoms with E-state index < -0.39 is 102 Å². The van der Waals surface area contributed by atoms with E-state index in [0.717, 1.165) is 32.8 Å². The van der Waals surface area contributed by atoms with Gasteiger partial charge in [-0.2, -0.15) is 0 Å². The summed E-state index contributed by atoms with van der Waals surface area (Å²) >= 11 is 1.47. The van der Waals surface area contributed by atoms with Gasteiger partial charge in [-0.25, -0.2) is 19.4 Å². The molecule has 0 bridgehead atoms. The first-order valence-electron chi connectivity index (χ1n) is 34.9. The molecular weight excluding hydrogens is 1290 g/mol. The Morgan fingerprint density at radius 3 is 1.92 bits per heavy atom. The van der Waals surface area contributed by atoms with Crippen LogP contribution in [0.1, 0.15) is 146 Å². The van der Waals surface area contributed by atoms with Crippen LogP contribution in [-0.4, -0.2) is 164 Å². The monoisotopic (exact) mass is 1400 g/mol. The fraction of sp³-hybridized carbons (Fsp3) is 0.526. The summed E-state index contributed by atoms with van der Waals surface area (Å²) in [6.45, 7) is 17.1. The molecule has 1 aliphatic heterocycles. The van der Waals surface area contributed by atoms with E-state index >= 15 is 0 Å². The zero-order valence-corrected chi connectivity index (χ0v) is 61.0. The number of amides is 9. The van der Waals surface area contributed by atoms with E-state index in [9.17, 15) is 43.2 Å². The summed E-state index contributed by atoms with van der Waals surface area (Å²) in [6.07, 6.45) is 1.49. The van der Waals surface area contributed by atoms with Crippen molar-refractivity contribution in [2.24, 2.45) is 41.2 Å². The number of methoxy groups -OCH3 is 2. The first kappa shape index (κ1) is 78.6. The van der Waals surface area contributed by atoms with Gasteiger partial charge in [0.25, 0.3) is 0 Å². The van der Waals surface area contributed by atoms with Crippen LogP contribution >= 0.6 is 11.3 Å². The average Bonchev–Trinajstić information content (AvgIpc) is 1.61. The van der Waals surface area contributed by atoms with Crippen molar-refractivity contribution in [2.75, 3.05) is 53.3 Å². The molecule has 1 fully saturated rings. The number of ketones is 1. The van der Waals surface area contributed by atoms with Crippen LogP contribution in [0, 0.1) is 35.5 Å². The maximum absolute atomic E-state index is 14.9. The number of ether oxygens (including phenoxy) is 4. The molecule has 23 nitrogen and oxygen atoms in total. The smallest absolute Gasteiger partial charge is 0.410 e. The maximum Gasteiger partial charge on any atom is 0.410 e. The van der Waals surface area contributed by atoms with Crippen LogP contribution in [0.2, 0.25) is 0 Å². The number of primary amides is 1. The number of nitrogens with two attached hydrogens (primary N) is 1. The molecule has 5 aromatic rings. The van der Waals surface area contributed by atoms with Crippen LogP contribution in [0.5, 0.6) is 0 Å². The highest BCUT2D eigenvalue weighted by atomic mass is 32.1. The van der Waals surface area contributed by atoms with Gasteiger partial charge in [-0.15, -0.1) is 11.3 Å². The molecule has 2 heterocycles. The van der Waals surface area contributed by atoms with Crippen molar-refractivity contribution in [3.8, 4) is 11.1 Å². The molecule has 0 spiro atoms. The van der Waals surface area contributed by atoms with Crippen molar-refractivity contribution in [1.82, 2.24) is 41.0 Å². The number of fused-ring (bicyclic) bond motifs is 3. The second kappa shape index (κ2) is 37.6. The summed E-state index contributed by atoms with van der Waals surface area (Å²) in [7, 11) is 6.20. The van der Waals surface area contributed by atoms with E-state index in [4.69, 9.17) is 24.7 Å². The van der Waals surface area contributed by atoms with Gasteiger partial charge in [0.05, 0.1) is 48.7 Å². The molecule has 1 aliphatic carbocycles. The Morgan fingerprint density at radius 1 is 0.700 bits per heavy atom. The summed E-state index contributed by atoms with van der Waals surface area (Å²) in [6, 6.07) is 27.2. The van der Waals surface area contributed by atoms with E-state index in [1.807, 2.05) is 119 Å². The average molecular weight is 1400 g/mol. The number of nitrogens with zero attached hydrogens (tertiary/aromatic N) is 4. The quantitative estimate of drug-likeness (QED) is 0.0203. The van der Waals surface area contributed by atoms with Crippen LogP contribution in [0.15, 0.2) is 115 Å². The molecule has 2 aliphatic rings. The number of hydrogen-bond donors (Lipinski definition) is 6. The molecular formula is C76H104N10O13S. The minimum atomic E-state index is -1.07. The standard InChI is InChI=1S/C76H104N10O13S/c1-14-48(8)67(62(96-12)42-63(88)86-38-23-31-60(86)68(97-13)49(9)69(89)81-59(72-78-37-39-100-72)40-50-24-16-15-17-25-50)84(10)73(92)65(46(4)5)82-71(91)66(47(6)7)85(11)76(95)99-43-51-32-34-53(35-33-51)80-70(90)52(26-22-36-79-74(77)93)41-61(87)64(45(2)3)83-75(94)98-44-58-56-29-20-18-27-54(56)55-28-19-21-30-57(55)58/h15-21,24-25,27-30,32-35,37,39,45-49,52,58-60,62,64-68H,14,22-23,26,31,36,38,40-44H2,1-13H3,(H,80,90)(H,81,89)(H,82,91)(H,83,94)(H3,77,79,93)/t48?,49-,52-,59+,60?,62-,64+,65+,66+,67+,68-/m1/s1. The minimum absolute atomic E-state index is 0.0538. The molecule has 11 atom stereocenters. The molecule has 100 heavy (non-hydrogen) atoms. The molecule has 4 aromatic carbocycles. The highest BCUT2D eigenvalue weighted by molar-refractivity contribution is 7.09. The summed E-state index contributed by atoms with van der Waals surface area (Å²) in [5, 5.41) is 17.0. The van der Waals surface area contributed by atoms with E-state index in [2.05, 4.69) is 31.6 Å². The van der Waals surface area contributed by atoms with E-state index in [0.29, 0.717) is 49.9 Å². The zero-order valence-electron chi connectivity index (χ0n) is 60.2. The van der Waals surface area contributed by atoms with Gasteiger partial charge in [-0.3, -0.25) is 33.7 Å². The van der Waals surface area contributed by atoms with Crippen LogP contribution in [0.25, 0.3) is 11.1 Å². The molecule has 7 N–H and O–H groups in total. The third-order valence-corrected chi connectivity index (χ3v) is 20.4. The number of nitrogens with one attached hydrogen (secondary N) is 5. The number of likely N-dealkylation sites (tertiary alicyclic amines) is 1. The molecule has 0 saturated carbocycles. The first-order valence-corrected chi connectivity index (χ1v) is 35.8. The molecule has 24 heteroatoms. The van der Waals surface area contributed by atoms with Crippen LogP contribution in [0.4, 0.5) is 20.1 Å². The van der Waals surface area contributed by atoms with Gasteiger partial charge in [0.1, 0.15) is 30.3 Å². The summed E-state index contributed by atoms with van der Waals surface area (Å²) in [5.74, 6) is -5.30. The minimum Gasteiger partial charge on any atom is -0.449 e. The van der Waals surface area contributed by atoms with Gasteiger partial charge >= 0.3 is 18.2 Å². The Hall–Kier alpha value is -8.74. The van der Waals surface area contributed by atoms with Gasteiger partial charge < -0.3 is 61.1 Å². The van der Waals surface area contributed by atoms with E-state index in [-0.39, 0.29) is 80.4 Å². The van der Waals surface area contributed by atoms with Crippen molar-refractivity contribution in [3.05, 3.63) is 142 Å². The molecule has 542 valence electrons. The zero-order chi connectivity index (χ0) is 72.9. The molecule has 7 rings (SSSR count). The fourth-order valence-corrected chi connectivity index (χ4v) is 14.6. The lowest BCUT2D eigenvalue weighted by Crippen LogP contribution is -2.60. The highest BCUT2D eigenvalue weighted by Crippen LogP contribution is 2.45. The van der Waals surface area contributed by atoms with Gasteiger partial charge in [0.2, 0.25) is 29.5 Å². The lowest BCUT2D eigenvalue weighted by molar-refractivity contribution is -0.148. The van der Waals surface area contributed by atoms with E-state index in [1.54, 1.807) is 82.1 Å². The number of anilines is 1. The second-order valence-corrected chi connectivity index (χ2v) is 28.4. The number of thiazole rings is 1. The van der Waals surface area contributed by atoms with E-state index in [1.165, 1.54) is 30.4 Å². The van der Waals surface area contributed by atoms with Crippen LogP contribution in [0.3, 0.4) is 0 Å². The number of alkyl carbamates (subject to hydrolysis) is 1. The molecule has 0 radical (unpaired) electrons. The largest absolute Gasteiger partial charge is 0.449 e. The Balaban J connectivity index is 0.934. The Bertz CT molecular complexity index is 3490. The van der Waals surface area contributed by atoms with Crippen LogP contribution < -0.4 is 32.3 Å². The van der Waals surface area contributed by atoms with Gasteiger partial charge in [-0.05, 0) is 101 Å². The van der Waals surface area contributed by atoms with Crippen molar-refractivity contribution < 1.29 is 62.1 Å². The molecule has 9 amide bonds. The predicted octanol–water partition coefficient (Wildman–Crippen LogP) is 10.4. The number of rotatable bonds is 36. The number of carbonyl (C=O) groups is 9. The Morgan fingerprint density at radius 2 is 1.34 bits per heavy atom. The summed E-state index contributed by atoms with van der Waals surface area (Å²) in [5.41, 5.74) is 11.5. The number of benzene rings is 4. The lowest BCUT2D eigenvalue weighted by atomic mass is 9.89. The van der Waals surface area contributed by atoms with Crippen LogP contribution in [-0.2, 0) is 60.7 Å². The fourth-order valence-electron chi connectivity index (χ4n) is 13.9. The van der Waals surface area contributed by atoms with Gasteiger partial charge in [-0.1, -0.05) is 160 Å². The molecule has 1 saturated heterocycles. The maximum atomic E-state index is 14.9. The third-order valence-electron chi connectivity index (χ3n) is 19.5. The van der Waals surface area contributed by atoms with Gasteiger partial charge in [0, 0.05) is 76.9 Å². The highest BCUT2D eigenvalue weighted by Gasteiger charge is 2.44. The summed E-state index contributed by atoms with van der Waals surface area (Å²) in [4.78, 5) is 134. The second-order valence-electron chi connectivity index (χ2n) is 27.5. The van der Waals surface area contributed by atoms with Crippen molar-refractivity contribution in [1.29, 1.82) is 0 Å². The number of aromatic nitrogens is 1. The normalized spacial score (nSPS) is 16.5. The summed E-state index contributed by atoms with van der Waals surface area (Å²) < 4.78 is 23.8. The topological polar surface area (TPSA) is 299 Å². The van der Waals surface area contributed by atoms with Crippen molar-refractivity contribution >= 4 is 70.6 Å². The number of carbonyl (C=O) groups excluding carboxylic acids is 9. The van der Waals surface area contributed by atoms with Crippen molar-refractivity contribution in [3.63, 3.8) is 0 Å².